The minimum Gasteiger partial charge on any atom is -0.451 e. The predicted molar refractivity (Wildman–Crippen MR) is 131 cm³/mol. The van der Waals surface area contributed by atoms with E-state index in [1.807, 2.05) is 35.3 Å². The Morgan fingerprint density at radius 1 is 1.08 bits per heavy atom. The van der Waals surface area contributed by atoms with Gasteiger partial charge in [-0.2, -0.15) is 0 Å². The van der Waals surface area contributed by atoms with E-state index in [0.717, 1.165) is 12.7 Å². The average Bonchev–Trinajstić information content (AvgIpc) is 2.91. The molecule has 2 atom stereocenters. The molecule has 1 aromatic heterocycles. The normalized spacial score (nSPS) is 18.5. The smallest absolute Gasteiger partial charge is 0.451 e. The Kier molecular flexibility index (Phi) is 6.75. The van der Waals surface area contributed by atoms with E-state index in [4.69, 9.17) is 9.47 Å². The summed E-state index contributed by atoms with van der Waals surface area (Å²) in [6, 6.07) is 12.3. The lowest BCUT2D eigenvalue weighted by Crippen LogP contribution is -2.61. The van der Waals surface area contributed by atoms with Gasteiger partial charge in [0, 0.05) is 19.3 Å². The van der Waals surface area contributed by atoms with E-state index < -0.39 is 48.1 Å². The van der Waals surface area contributed by atoms with Gasteiger partial charge in [-0.1, -0.05) is 30.3 Å². The van der Waals surface area contributed by atoms with Crippen molar-refractivity contribution in [3.63, 3.8) is 0 Å². The molecule has 3 heterocycles. The molecule has 2 aromatic carbocycles. The highest BCUT2D eigenvalue weighted by Gasteiger charge is 2.43. The number of nitrogens with zero attached hydrogens (tertiary/aromatic N) is 3. The lowest BCUT2D eigenvalue weighted by atomic mass is 9.88. The van der Waals surface area contributed by atoms with Gasteiger partial charge >= 0.3 is 6.16 Å². The van der Waals surface area contributed by atoms with Gasteiger partial charge in [-0.25, -0.2) is 13.6 Å². The summed E-state index contributed by atoms with van der Waals surface area (Å²) in [5.74, 6) is -2.70. The monoisotopic (exact) mass is 525 g/mol. The van der Waals surface area contributed by atoms with Crippen LogP contribution in [0.1, 0.15) is 46.1 Å². The number of halogens is 2. The highest BCUT2D eigenvalue weighted by atomic mass is 19.2. The molecule has 9 nitrogen and oxygen atoms in total. The molecule has 11 heteroatoms. The molecule has 0 bridgehead atoms. The summed E-state index contributed by atoms with van der Waals surface area (Å²) in [6.07, 6.45) is 1.58. The van der Waals surface area contributed by atoms with E-state index in [2.05, 4.69) is 4.74 Å². The maximum Gasteiger partial charge on any atom is 0.510 e. The molecule has 0 radical (unpaired) electrons. The molecule has 0 spiro atoms. The molecule has 0 N–H and O–H groups in total. The van der Waals surface area contributed by atoms with Gasteiger partial charge in [0.1, 0.15) is 6.17 Å². The van der Waals surface area contributed by atoms with Crippen LogP contribution < -0.4 is 15.2 Å². The molecular weight excluding hydrogens is 500 g/mol. The maximum atomic E-state index is 14.7. The second kappa shape index (κ2) is 10.2. The molecule has 5 rings (SSSR count). The number of aryl methyl sites for hydroxylation is 1. The summed E-state index contributed by atoms with van der Waals surface area (Å²) >= 11 is 0. The molecule has 198 valence electrons. The number of aromatic nitrogens is 1. The summed E-state index contributed by atoms with van der Waals surface area (Å²) in [5, 5.41) is 1.87. The van der Waals surface area contributed by atoms with Crippen LogP contribution in [-0.4, -0.2) is 48.8 Å². The van der Waals surface area contributed by atoms with Crippen LogP contribution in [0, 0.1) is 11.6 Å². The topological polar surface area (TPSA) is 90.3 Å². The number of hydrogen-bond donors (Lipinski definition) is 0. The number of benzene rings is 2. The van der Waals surface area contributed by atoms with Crippen molar-refractivity contribution in [2.24, 2.45) is 0 Å². The third-order valence-electron chi connectivity index (χ3n) is 6.87. The third kappa shape index (κ3) is 4.33. The third-order valence-corrected chi connectivity index (χ3v) is 6.87. The minimum atomic E-state index is -1.02. The maximum absolute atomic E-state index is 14.7. The number of ether oxygens (including phenoxy) is 3. The summed E-state index contributed by atoms with van der Waals surface area (Å²) in [5.41, 5.74) is 1.29. The van der Waals surface area contributed by atoms with Crippen LogP contribution in [0.5, 0.6) is 5.75 Å². The Morgan fingerprint density at radius 3 is 2.55 bits per heavy atom. The Hall–Kier alpha value is -4.41. The molecule has 0 aliphatic carbocycles. The standard InChI is InChI=1S/C27H25F2N3O6/c1-30-22-10-6-9-17-13-19(28)20(29)14-18(17)23(16-7-4-3-5-8-16)32(22)31-12-11-21(33)25(24(31)26(30)34)37-15-38-27(35)36-2/h3-5,7-8,11-14,22-23H,6,9-10,15H2,1-2H3/t22-,23+/m0/s1. The van der Waals surface area contributed by atoms with Gasteiger partial charge < -0.3 is 19.1 Å². The highest BCUT2D eigenvalue weighted by molar-refractivity contribution is 5.96. The second-order valence-electron chi connectivity index (χ2n) is 9.01. The first-order chi connectivity index (χ1) is 18.3. The Bertz CT molecular complexity index is 1440. The first-order valence-corrected chi connectivity index (χ1v) is 12.0. The van der Waals surface area contributed by atoms with Crippen LogP contribution in [0.3, 0.4) is 0 Å². The van der Waals surface area contributed by atoms with Gasteiger partial charge in [0.15, 0.2) is 17.3 Å². The second-order valence-corrected chi connectivity index (χ2v) is 9.01. The van der Waals surface area contributed by atoms with E-state index in [0.29, 0.717) is 30.4 Å². The first-order valence-electron chi connectivity index (χ1n) is 12.0. The van der Waals surface area contributed by atoms with Crippen molar-refractivity contribution in [3.05, 3.63) is 99.0 Å². The Morgan fingerprint density at radius 2 is 1.82 bits per heavy atom. The molecule has 0 saturated carbocycles. The van der Waals surface area contributed by atoms with Gasteiger partial charge in [0.25, 0.3) is 5.91 Å². The molecule has 38 heavy (non-hydrogen) atoms. The van der Waals surface area contributed by atoms with E-state index in [-0.39, 0.29) is 11.4 Å². The zero-order chi connectivity index (χ0) is 27.0. The molecule has 0 saturated heterocycles. The average molecular weight is 526 g/mol. The van der Waals surface area contributed by atoms with E-state index in [1.165, 1.54) is 34.0 Å². The SMILES string of the molecule is COC(=O)OCOc1c2n(ccc1=O)N1[C@H](c3ccccc3)c3cc(F)c(F)cc3CCC[C@H]1N(C)C2=O. The summed E-state index contributed by atoms with van der Waals surface area (Å²) in [6.45, 7) is -0.658. The number of pyridine rings is 1. The molecule has 1 amide bonds. The summed E-state index contributed by atoms with van der Waals surface area (Å²) < 4.78 is 45.1. The van der Waals surface area contributed by atoms with Gasteiger partial charge in [-0.3, -0.25) is 19.3 Å². The molecule has 3 aromatic rings. The van der Waals surface area contributed by atoms with Crippen LogP contribution in [0.4, 0.5) is 13.6 Å². The first kappa shape index (κ1) is 25.2. The predicted octanol–water partition coefficient (Wildman–Crippen LogP) is 3.72. The number of methoxy groups -OCH3 is 1. The van der Waals surface area contributed by atoms with Gasteiger partial charge in [0.2, 0.25) is 18.0 Å². The van der Waals surface area contributed by atoms with Crippen LogP contribution in [0.15, 0.2) is 59.5 Å². The summed E-state index contributed by atoms with van der Waals surface area (Å²) in [7, 11) is 2.74. The van der Waals surface area contributed by atoms with Crippen LogP contribution in [-0.2, 0) is 15.9 Å². The fraction of sp³-hybridized carbons (Fsp3) is 0.296. The lowest BCUT2D eigenvalue weighted by Gasteiger charge is -2.50. The molecule has 0 unspecified atom stereocenters. The Balaban J connectivity index is 1.73. The largest absolute Gasteiger partial charge is 0.510 e. The van der Waals surface area contributed by atoms with Gasteiger partial charge in [-0.15, -0.1) is 0 Å². The van der Waals surface area contributed by atoms with Crippen molar-refractivity contribution in [2.75, 3.05) is 26.0 Å². The number of carbonyl (C=O) groups is 2. The van der Waals surface area contributed by atoms with Crippen LogP contribution in [0.25, 0.3) is 0 Å². The van der Waals surface area contributed by atoms with Gasteiger partial charge in [-0.05, 0) is 48.1 Å². The quantitative estimate of drug-likeness (QED) is 0.379. The molecule has 0 fully saturated rings. The van der Waals surface area contributed by atoms with Crippen molar-refractivity contribution in [3.8, 4) is 5.75 Å². The van der Waals surface area contributed by atoms with E-state index in [1.54, 1.807) is 7.05 Å². The van der Waals surface area contributed by atoms with E-state index in [9.17, 15) is 23.2 Å². The van der Waals surface area contributed by atoms with E-state index >= 15 is 0 Å². The Labute approximate surface area is 216 Å². The number of amides is 1. The summed E-state index contributed by atoms with van der Waals surface area (Å²) in [4.78, 5) is 39.3. The molecule has 2 aliphatic rings. The number of rotatable bonds is 4. The minimum absolute atomic E-state index is 0.0876. The number of hydrogen-bond acceptors (Lipinski definition) is 7. The highest BCUT2D eigenvalue weighted by Crippen LogP contribution is 2.39. The lowest BCUT2D eigenvalue weighted by molar-refractivity contribution is 0.0131. The zero-order valence-corrected chi connectivity index (χ0v) is 20.7. The van der Waals surface area contributed by atoms with Crippen LogP contribution in [0.2, 0.25) is 0 Å². The fourth-order valence-corrected chi connectivity index (χ4v) is 5.14. The van der Waals surface area contributed by atoms with Crippen LogP contribution >= 0.6 is 0 Å². The van der Waals surface area contributed by atoms with Gasteiger partial charge in [0.05, 0.1) is 13.2 Å². The van der Waals surface area contributed by atoms with Crippen molar-refractivity contribution >= 4 is 12.1 Å². The van der Waals surface area contributed by atoms with Crippen molar-refractivity contribution in [1.29, 1.82) is 0 Å². The number of carbonyl (C=O) groups excluding carboxylic acids is 2. The fourth-order valence-electron chi connectivity index (χ4n) is 5.14. The molecule has 2 aliphatic heterocycles. The zero-order valence-electron chi connectivity index (χ0n) is 20.7. The number of fused-ring (bicyclic) bond motifs is 4. The molecular formula is C27H25F2N3O6. The van der Waals surface area contributed by atoms with Crippen molar-refractivity contribution < 1.29 is 32.6 Å². The van der Waals surface area contributed by atoms with Crippen molar-refractivity contribution in [2.45, 2.75) is 31.5 Å². The van der Waals surface area contributed by atoms with Crippen molar-refractivity contribution in [1.82, 2.24) is 9.58 Å².